The van der Waals surface area contributed by atoms with E-state index in [4.69, 9.17) is 9.73 Å². The smallest absolute Gasteiger partial charge is 0.191 e. The van der Waals surface area contributed by atoms with Crippen LogP contribution >= 0.6 is 0 Å². The molecule has 0 saturated carbocycles. The Morgan fingerprint density at radius 1 is 1.07 bits per heavy atom. The van der Waals surface area contributed by atoms with Crippen molar-refractivity contribution in [1.82, 2.24) is 20.4 Å². The summed E-state index contributed by atoms with van der Waals surface area (Å²) in [5.41, 5.74) is 0. The fraction of sp³-hybridized carbons (Fsp3) is 0.952. The van der Waals surface area contributed by atoms with Gasteiger partial charge in [-0.2, -0.15) is 0 Å². The van der Waals surface area contributed by atoms with Gasteiger partial charge >= 0.3 is 0 Å². The fourth-order valence-electron chi connectivity index (χ4n) is 4.44. The van der Waals surface area contributed by atoms with Crippen molar-refractivity contribution in [3.63, 3.8) is 0 Å². The highest BCUT2D eigenvalue weighted by Crippen LogP contribution is 2.20. The summed E-state index contributed by atoms with van der Waals surface area (Å²) in [5.74, 6) is 2.42. The second-order valence-corrected chi connectivity index (χ2v) is 7.94. The molecule has 2 heterocycles. The lowest BCUT2D eigenvalue weighted by Crippen LogP contribution is -2.49. The van der Waals surface area contributed by atoms with Crippen molar-refractivity contribution < 1.29 is 4.74 Å². The first-order valence-corrected chi connectivity index (χ1v) is 11.3. The monoisotopic (exact) mass is 381 g/mol. The Kier molecular flexibility index (Phi) is 10.5. The van der Waals surface area contributed by atoms with Gasteiger partial charge in [0, 0.05) is 38.8 Å². The lowest BCUT2D eigenvalue weighted by Gasteiger charge is -2.38. The first-order valence-electron chi connectivity index (χ1n) is 11.3. The van der Waals surface area contributed by atoms with Crippen molar-refractivity contribution in [2.24, 2.45) is 16.8 Å². The van der Waals surface area contributed by atoms with Crippen molar-refractivity contribution in [2.45, 2.75) is 53.0 Å². The van der Waals surface area contributed by atoms with E-state index >= 15 is 0 Å². The molecule has 158 valence electrons. The van der Waals surface area contributed by atoms with Crippen molar-refractivity contribution in [2.75, 3.05) is 65.6 Å². The number of morpholine rings is 1. The van der Waals surface area contributed by atoms with Crippen LogP contribution in [0.25, 0.3) is 0 Å². The SMILES string of the molecule is CCNC(=NCC(C(CC)CC)N1CCOCC1)NCC1CCN(CC)C1. The summed E-state index contributed by atoms with van der Waals surface area (Å²) in [6.07, 6.45) is 3.73. The minimum atomic E-state index is 0.515. The third-order valence-electron chi connectivity index (χ3n) is 6.26. The molecule has 2 aliphatic rings. The molecule has 2 unspecified atom stereocenters. The Hall–Kier alpha value is -0.850. The van der Waals surface area contributed by atoms with Gasteiger partial charge in [0.1, 0.15) is 0 Å². The van der Waals surface area contributed by atoms with Crippen LogP contribution in [0.5, 0.6) is 0 Å². The molecule has 2 aliphatic heterocycles. The molecule has 27 heavy (non-hydrogen) atoms. The standard InChI is InChI=1S/C21H43N5O/c1-5-19(6-2)20(26-11-13-27-14-12-26)16-24-21(22-7-3)23-15-18-9-10-25(8-4)17-18/h18-20H,5-17H2,1-4H3,(H2,22,23,24). The number of likely N-dealkylation sites (tertiary alicyclic amines) is 1. The van der Waals surface area contributed by atoms with Gasteiger partial charge in [0.05, 0.1) is 19.8 Å². The van der Waals surface area contributed by atoms with E-state index < -0.39 is 0 Å². The molecule has 0 bridgehead atoms. The van der Waals surface area contributed by atoms with Crippen LogP contribution in [0, 0.1) is 11.8 Å². The van der Waals surface area contributed by atoms with Crippen molar-refractivity contribution in [3.05, 3.63) is 0 Å². The molecule has 2 atom stereocenters. The zero-order chi connectivity index (χ0) is 19.5. The lowest BCUT2D eigenvalue weighted by molar-refractivity contribution is 0.00395. The fourth-order valence-corrected chi connectivity index (χ4v) is 4.44. The Balaban J connectivity index is 1.93. The van der Waals surface area contributed by atoms with Crippen molar-refractivity contribution in [3.8, 4) is 0 Å². The highest BCUT2D eigenvalue weighted by atomic mass is 16.5. The minimum absolute atomic E-state index is 0.515. The average Bonchev–Trinajstić information content (AvgIpc) is 3.18. The third-order valence-corrected chi connectivity index (χ3v) is 6.26. The van der Waals surface area contributed by atoms with E-state index in [9.17, 15) is 0 Å². The van der Waals surface area contributed by atoms with Crippen LogP contribution in [-0.4, -0.2) is 87.4 Å². The predicted molar refractivity (Wildman–Crippen MR) is 114 cm³/mol. The Bertz CT molecular complexity index is 421. The molecule has 2 saturated heterocycles. The van der Waals surface area contributed by atoms with Gasteiger partial charge in [0.25, 0.3) is 0 Å². The van der Waals surface area contributed by atoms with E-state index in [1.165, 1.54) is 38.9 Å². The number of hydrogen-bond acceptors (Lipinski definition) is 4. The number of nitrogens with one attached hydrogen (secondary N) is 2. The van der Waals surface area contributed by atoms with Crippen LogP contribution in [0.4, 0.5) is 0 Å². The number of ether oxygens (including phenoxy) is 1. The van der Waals surface area contributed by atoms with E-state index in [0.29, 0.717) is 12.0 Å². The van der Waals surface area contributed by atoms with E-state index in [1.54, 1.807) is 0 Å². The van der Waals surface area contributed by atoms with E-state index in [0.717, 1.165) is 57.8 Å². The second kappa shape index (κ2) is 12.6. The molecular formula is C21H43N5O. The molecule has 0 aromatic rings. The molecule has 0 amide bonds. The van der Waals surface area contributed by atoms with Crippen LogP contribution in [0.1, 0.15) is 47.0 Å². The van der Waals surface area contributed by atoms with Crippen molar-refractivity contribution >= 4 is 5.96 Å². The van der Waals surface area contributed by atoms with Gasteiger partial charge in [-0.25, -0.2) is 0 Å². The van der Waals surface area contributed by atoms with Gasteiger partial charge in [0.2, 0.25) is 0 Å². The molecule has 0 aliphatic carbocycles. The maximum Gasteiger partial charge on any atom is 0.191 e. The molecule has 0 spiro atoms. The summed E-state index contributed by atoms with van der Waals surface area (Å²) in [4.78, 5) is 10.1. The molecule has 0 radical (unpaired) electrons. The Labute approximate surface area is 167 Å². The molecular weight excluding hydrogens is 338 g/mol. The number of nitrogens with zero attached hydrogens (tertiary/aromatic N) is 3. The minimum Gasteiger partial charge on any atom is -0.379 e. The van der Waals surface area contributed by atoms with Crippen LogP contribution in [0.15, 0.2) is 4.99 Å². The van der Waals surface area contributed by atoms with Gasteiger partial charge in [0.15, 0.2) is 5.96 Å². The van der Waals surface area contributed by atoms with Crippen LogP contribution in [-0.2, 0) is 4.74 Å². The molecule has 2 N–H and O–H groups in total. The normalized spacial score (nSPS) is 23.7. The number of guanidine groups is 1. The number of rotatable bonds is 10. The summed E-state index contributed by atoms with van der Waals surface area (Å²) in [7, 11) is 0. The molecule has 0 aromatic carbocycles. The maximum atomic E-state index is 5.57. The van der Waals surface area contributed by atoms with Gasteiger partial charge in [-0.1, -0.05) is 33.6 Å². The molecule has 2 fully saturated rings. The average molecular weight is 382 g/mol. The summed E-state index contributed by atoms with van der Waals surface area (Å²) >= 11 is 0. The van der Waals surface area contributed by atoms with Gasteiger partial charge in [-0.05, 0) is 38.3 Å². The Morgan fingerprint density at radius 2 is 1.81 bits per heavy atom. The predicted octanol–water partition coefficient (Wildman–Crippen LogP) is 2.02. The van der Waals surface area contributed by atoms with Gasteiger partial charge in [-0.15, -0.1) is 0 Å². The molecule has 0 aromatic heterocycles. The largest absolute Gasteiger partial charge is 0.379 e. The first-order chi connectivity index (χ1) is 13.2. The van der Waals surface area contributed by atoms with E-state index in [2.05, 4.69) is 48.1 Å². The van der Waals surface area contributed by atoms with Crippen LogP contribution in [0.2, 0.25) is 0 Å². The molecule has 6 nitrogen and oxygen atoms in total. The van der Waals surface area contributed by atoms with Crippen LogP contribution < -0.4 is 10.6 Å². The van der Waals surface area contributed by atoms with E-state index in [1.807, 2.05) is 0 Å². The quantitative estimate of drug-likeness (QED) is 0.448. The summed E-state index contributed by atoms with van der Waals surface area (Å²) < 4.78 is 5.57. The zero-order valence-corrected chi connectivity index (χ0v) is 18.2. The first kappa shape index (κ1) is 22.4. The molecule has 6 heteroatoms. The number of aliphatic imine (C=N–C) groups is 1. The van der Waals surface area contributed by atoms with Gasteiger partial charge < -0.3 is 20.3 Å². The summed E-state index contributed by atoms with van der Waals surface area (Å²) in [6, 6.07) is 0.515. The summed E-state index contributed by atoms with van der Waals surface area (Å²) in [5, 5.41) is 7.06. The van der Waals surface area contributed by atoms with Crippen LogP contribution in [0.3, 0.4) is 0 Å². The lowest BCUT2D eigenvalue weighted by atomic mass is 9.92. The second-order valence-electron chi connectivity index (χ2n) is 7.94. The Morgan fingerprint density at radius 3 is 2.41 bits per heavy atom. The van der Waals surface area contributed by atoms with Gasteiger partial charge in [-0.3, -0.25) is 9.89 Å². The molecule has 2 rings (SSSR count). The topological polar surface area (TPSA) is 52.1 Å². The van der Waals surface area contributed by atoms with Crippen molar-refractivity contribution in [1.29, 1.82) is 0 Å². The summed E-state index contributed by atoms with van der Waals surface area (Å²) in [6.45, 7) is 19.2. The maximum absolute atomic E-state index is 5.57. The highest BCUT2D eigenvalue weighted by Gasteiger charge is 2.27. The number of hydrogen-bond donors (Lipinski definition) is 2. The van der Waals surface area contributed by atoms with E-state index in [-0.39, 0.29) is 0 Å². The highest BCUT2D eigenvalue weighted by molar-refractivity contribution is 5.79. The third kappa shape index (κ3) is 7.24. The zero-order valence-electron chi connectivity index (χ0n) is 18.2.